The zero-order valence-corrected chi connectivity index (χ0v) is 17.6. The van der Waals surface area contributed by atoms with Crippen molar-refractivity contribution in [1.82, 2.24) is 15.1 Å². The zero-order valence-electron chi connectivity index (χ0n) is 17.6. The van der Waals surface area contributed by atoms with Crippen LogP contribution in [0.15, 0.2) is 60.7 Å². The Labute approximate surface area is 180 Å². The summed E-state index contributed by atoms with van der Waals surface area (Å²) in [5.74, 6) is -1.54. The maximum Gasteiger partial charge on any atom is 0.357 e. The minimum absolute atomic E-state index is 0.137. The van der Waals surface area contributed by atoms with Crippen LogP contribution in [0.1, 0.15) is 23.0 Å². The fourth-order valence-corrected chi connectivity index (χ4v) is 2.90. The molecule has 3 aromatic rings. The molecule has 8 heteroatoms. The molecule has 160 valence electrons. The Balaban J connectivity index is 1.53. The molecule has 0 radical (unpaired) electrons. The van der Waals surface area contributed by atoms with Gasteiger partial charge >= 0.3 is 5.97 Å². The molecular formula is C23H24N4O4. The number of aryl methyl sites for hydroxylation is 1. The lowest BCUT2D eigenvalue weighted by molar-refractivity contribution is -0.140. The number of H-pyrrole nitrogens is 1. The van der Waals surface area contributed by atoms with E-state index < -0.39 is 18.0 Å². The summed E-state index contributed by atoms with van der Waals surface area (Å²) in [5, 5.41) is 9.46. The lowest BCUT2D eigenvalue weighted by Gasteiger charge is -2.21. The molecule has 0 saturated heterocycles. The van der Waals surface area contributed by atoms with Gasteiger partial charge in [-0.1, -0.05) is 48.0 Å². The lowest BCUT2D eigenvalue weighted by atomic mass is 10.1. The van der Waals surface area contributed by atoms with Crippen molar-refractivity contribution in [2.75, 3.05) is 18.9 Å². The van der Waals surface area contributed by atoms with Gasteiger partial charge in [0.25, 0.3) is 5.91 Å². The predicted molar refractivity (Wildman–Crippen MR) is 116 cm³/mol. The van der Waals surface area contributed by atoms with Crippen LogP contribution in [0, 0.1) is 6.92 Å². The fraction of sp³-hybridized carbons (Fsp3) is 0.217. The first-order valence-corrected chi connectivity index (χ1v) is 9.77. The molecule has 2 N–H and O–H groups in total. The molecule has 8 nitrogen and oxygen atoms in total. The highest BCUT2D eigenvalue weighted by Crippen LogP contribution is 2.17. The maximum absolute atomic E-state index is 12.5. The van der Waals surface area contributed by atoms with Gasteiger partial charge in [-0.15, -0.1) is 0 Å². The third kappa shape index (κ3) is 5.79. The van der Waals surface area contributed by atoms with E-state index in [-0.39, 0.29) is 18.1 Å². The third-order valence-corrected chi connectivity index (χ3v) is 4.59. The highest BCUT2D eigenvalue weighted by molar-refractivity contribution is 5.96. The molecule has 3 rings (SSSR count). The van der Waals surface area contributed by atoms with Gasteiger partial charge in [0, 0.05) is 18.3 Å². The van der Waals surface area contributed by atoms with Gasteiger partial charge in [-0.25, -0.2) is 4.79 Å². The number of esters is 1. The molecule has 1 atom stereocenters. The number of nitrogens with zero attached hydrogens (tertiary/aromatic N) is 2. The van der Waals surface area contributed by atoms with Crippen molar-refractivity contribution in [3.63, 3.8) is 0 Å². The Kier molecular flexibility index (Phi) is 6.81. The molecule has 0 aliphatic carbocycles. The van der Waals surface area contributed by atoms with Crippen LogP contribution in [0.5, 0.6) is 0 Å². The third-order valence-electron chi connectivity index (χ3n) is 4.59. The van der Waals surface area contributed by atoms with Gasteiger partial charge in [-0.05, 0) is 32.0 Å². The summed E-state index contributed by atoms with van der Waals surface area (Å²) in [6, 6.07) is 18.3. The van der Waals surface area contributed by atoms with Crippen LogP contribution in [0.2, 0.25) is 0 Å². The molecule has 0 aliphatic rings. The van der Waals surface area contributed by atoms with Crippen LogP contribution in [-0.4, -0.2) is 52.6 Å². The molecule has 0 spiro atoms. The summed E-state index contributed by atoms with van der Waals surface area (Å²) in [5.41, 5.74) is 3.30. The van der Waals surface area contributed by atoms with E-state index >= 15 is 0 Å². The van der Waals surface area contributed by atoms with Crippen LogP contribution in [0.25, 0.3) is 11.3 Å². The Bertz CT molecular complexity index is 1060. The number of hydrogen-bond donors (Lipinski definition) is 2. The maximum atomic E-state index is 12.5. The number of carbonyl (C=O) groups is 3. The summed E-state index contributed by atoms with van der Waals surface area (Å²) in [4.78, 5) is 38.3. The second-order valence-electron chi connectivity index (χ2n) is 7.19. The summed E-state index contributed by atoms with van der Waals surface area (Å²) in [6.45, 7) is 3.24. The minimum atomic E-state index is -1.06. The molecule has 2 aromatic carbocycles. The smallest absolute Gasteiger partial charge is 0.357 e. The van der Waals surface area contributed by atoms with Gasteiger partial charge in [-0.2, -0.15) is 5.10 Å². The van der Waals surface area contributed by atoms with Crippen molar-refractivity contribution >= 4 is 23.5 Å². The van der Waals surface area contributed by atoms with Gasteiger partial charge in [0.2, 0.25) is 5.91 Å². The monoisotopic (exact) mass is 420 g/mol. The number of carbonyl (C=O) groups excluding carboxylic acids is 3. The predicted octanol–water partition coefficient (Wildman–Crippen LogP) is 3.03. The number of aromatic amines is 1. The number of aromatic nitrogens is 2. The molecule has 0 fully saturated rings. The van der Waals surface area contributed by atoms with Crippen LogP contribution < -0.4 is 5.32 Å². The number of likely N-dealkylation sites (N-methyl/N-ethyl adjacent to an activating group) is 1. The normalized spacial score (nSPS) is 11.5. The van der Waals surface area contributed by atoms with Crippen LogP contribution >= 0.6 is 0 Å². The first-order valence-electron chi connectivity index (χ1n) is 9.77. The van der Waals surface area contributed by atoms with Crippen molar-refractivity contribution in [1.29, 1.82) is 0 Å². The number of anilines is 1. The lowest BCUT2D eigenvalue weighted by Crippen LogP contribution is -2.41. The first-order chi connectivity index (χ1) is 14.8. The molecule has 0 aliphatic heterocycles. The SMILES string of the molecule is Cc1ccc(NC(=O)CN(C)C(=O)[C@H](C)OC(=O)c2cc(-c3ccccc3)n[nH]2)cc1. The second-order valence-corrected chi connectivity index (χ2v) is 7.19. The van der Waals surface area contributed by atoms with Crippen molar-refractivity contribution in [2.24, 2.45) is 0 Å². The molecule has 2 amide bonds. The quantitative estimate of drug-likeness (QED) is 0.572. The van der Waals surface area contributed by atoms with Gasteiger partial charge in [-0.3, -0.25) is 14.7 Å². The van der Waals surface area contributed by atoms with E-state index in [1.165, 1.54) is 18.9 Å². The van der Waals surface area contributed by atoms with Crippen molar-refractivity contribution in [3.05, 3.63) is 71.9 Å². The summed E-state index contributed by atoms with van der Waals surface area (Å²) >= 11 is 0. The Morgan fingerprint density at radius 1 is 1.10 bits per heavy atom. The van der Waals surface area contributed by atoms with E-state index in [1.807, 2.05) is 49.4 Å². The second kappa shape index (κ2) is 9.71. The van der Waals surface area contributed by atoms with E-state index in [1.54, 1.807) is 18.2 Å². The topological polar surface area (TPSA) is 104 Å². The number of benzene rings is 2. The minimum Gasteiger partial charge on any atom is -0.448 e. The van der Waals surface area contributed by atoms with E-state index in [0.29, 0.717) is 11.4 Å². The number of ether oxygens (including phenoxy) is 1. The van der Waals surface area contributed by atoms with E-state index in [9.17, 15) is 14.4 Å². The molecular weight excluding hydrogens is 396 g/mol. The van der Waals surface area contributed by atoms with Crippen molar-refractivity contribution < 1.29 is 19.1 Å². The highest BCUT2D eigenvalue weighted by atomic mass is 16.5. The van der Waals surface area contributed by atoms with Gasteiger partial charge < -0.3 is 15.0 Å². The van der Waals surface area contributed by atoms with Crippen LogP contribution in [-0.2, 0) is 14.3 Å². The summed E-state index contributed by atoms with van der Waals surface area (Å²) in [6.07, 6.45) is -1.06. The average molecular weight is 420 g/mol. The first kappa shape index (κ1) is 21.8. The number of nitrogens with one attached hydrogen (secondary N) is 2. The Morgan fingerprint density at radius 3 is 2.45 bits per heavy atom. The van der Waals surface area contributed by atoms with Crippen LogP contribution in [0.3, 0.4) is 0 Å². The van der Waals surface area contributed by atoms with Gasteiger partial charge in [0.15, 0.2) is 6.10 Å². The Morgan fingerprint density at radius 2 is 1.77 bits per heavy atom. The number of amides is 2. The molecule has 1 aromatic heterocycles. The largest absolute Gasteiger partial charge is 0.448 e. The van der Waals surface area contributed by atoms with E-state index in [2.05, 4.69) is 15.5 Å². The molecule has 0 unspecified atom stereocenters. The molecule has 0 saturated carbocycles. The van der Waals surface area contributed by atoms with Gasteiger partial charge in [0.1, 0.15) is 5.69 Å². The zero-order chi connectivity index (χ0) is 22.4. The number of hydrogen-bond acceptors (Lipinski definition) is 5. The van der Waals surface area contributed by atoms with Crippen molar-refractivity contribution in [2.45, 2.75) is 20.0 Å². The molecule has 1 heterocycles. The highest BCUT2D eigenvalue weighted by Gasteiger charge is 2.24. The van der Waals surface area contributed by atoms with Crippen LogP contribution in [0.4, 0.5) is 5.69 Å². The Hall–Kier alpha value is -3.94. The summed E-state index contributed by atoms with van der Waals surface area (Å²) < 4.78 is 5.25. The van der Waals surface area contributed by atoms with Crippen molar-refractivity contribution in [3.8, 4) is 11.3 Å². The van der Waals surface area contributed by atoms with Gasteiger partial charge in [0.05, 0.1) is 12.2 Å². The molecule has 31 heavy (non-hydrogen) atoms. The summed E-state index contributed by atoms with van der Waals surface area (Å²) in [7, 11) is 1.48. The fourth-order valence-electron chi connectivity index (χ4n) is 2.90. The number of rotatable bonds is 7. The van der Waals surface area contributed by atoms with E-state index in [0.717, 1.165) is 11.1 Å². The van der Waals surface area contributed by atoms with E-state index in [4.69, 9.17) is 4.74 Å². The average Bonchev–Trinajstić information content (AvgIpc) is 3.26. The molecule has 0 bridgehead atoms. The standard InChI is InChI=1S/C23H24N4O4/c1-15-9-11-18(12-10-15)24-21(28)14-27(3)22(29)16(2)31-23(30)20-13-19(25-26-20)17-7-5-4-6-8-17/h4-13,16H,14H2,1-3H3,(H,24,28)(H,25,26)/t16-/m0/s1.